The van der Waals surface area contributed by atoms with Crippen molar-refractivity contribution < 1.29 is 9.90 Å². The first-order chi connectivity index (χ1) is 10.0. The van der Waals surface area contributed by atoms with E-state index in [0.717, 1.165) is 25.7 Å². The van der Waals surface area contributed by atoms with Crippen LogP contribution in [0.1, 0.15) is 52.4 Å². The average molecular weight is 317 g/mol. The minimum atomic E-state index is -0.0477. The molecule has 4 nitrogen and oxygen atoms in total. The van der Waals surface area contributed by atoms with Crippen molar-refractivity contribution in [2.24, 2.45) is 11.8 Å². The quantitative estimate of drug-likeness (QED) is 0.645. The van der Waals surface area contributed by atoms with Gasteiger partial charge in [0.1, 0.15) is 0 Å². The number of hydrogen-bond acceptors (Lipinski definition) is 3. The minimum Gasteiger partial charge on any atom is -0.396 e. The Balaban J connectivity index is 2.28. The Hall–Kier alpha value is -0.420. The van der Waals surface area contributed by atoms with Crippen LogP contribution < -0.4 is 10.6 Å². The predicted molar refractivity (Wildman–Crippen MR) is 90.7 cm³/mol. The molecular weight excluding hydrogens is 284 g/mol. The number of hydrogen-bond donors (Lipinski definition) is 3. The van der Waals surface area contributed by atoms with Crippen molar-refractivity contribution in [3.05, 3.63) is 0 Å². The minimum absolute atomic E-state index is 0.0477. The van der Waals surface area contributed by atoms with E-state index in [1.807, 2.05) is 11.8 Å². The van der Waals surface area contributed by atoms with Crippen LogP contribution >= 0.6 is 11.8 Å². The summed E-state index contributed by atoms with van der Waals surface area (Å²) >= 11 is 1.91. The summed E-state index contributed by atoms with van der Waals surface area (Å²) in [6.45, 7) is 5.20. The van der Waals surface area contributed by atoms with E-state index >= 15 is 0 Å². The third-order valence-corrected chi connectivity index (χ3v) is 5.28. The SMILES string of the molecule is CSC1CCCC(NC(=O)NCC(CCO)CC(C)C)C1. The van der Waals surface area contributed by atoms with E-state index < -0.39 is 0 Å². The van der Waals surface area contributed by atoms with Gasteiger partial charge in [0.2, 0.25) is 0 Å². The molecule has 1 fully saturated rings. The maximum absolute atomic E-state index is 12.0. The Kier molecular flexibility index (Phi) is 9.16. The molecule has 0 radical (unpaired) electrons. The van der Waals surface area contributed by atoms with Gasteiger partial charge in [-0.3, -0.25) is 0 Å². The van der Waals surface area contributed by atoms with Crippen LogP contribution in [0.15, 0.2) is 0 Å². The number of rotatable bonds is 8. The van der Waals surface area contributed by atoms with Crippen molar-refractivity contribution in [2.75, 3.05) is 19.4 Å². The topological polar surface area (TPSA) is 61.4 Å². The van der Waals surface area contributed by atoms with E-state index in [2.05, 4.69) is 30.7 Å². The zero-order chi connectivity index (χ0) is 15.7. The summed E-state index contributed by atoms with van der Waals surface area (Å²) in [7, 11) is 0. The standard InChI is InChI=1S/C16H32N2O2S/c1-12(2)9-13(7-8-19)11-17-16(20)18-14-5-4-6-15(10-14)21-3/h12-15,19H,4-11H2,1-3H3,(H2,17,18,20). The van der Waals surface area contributed by atoms with Crippen LogP contribution in [0, 0.1) is 11.8 Å². The third kappa shape index (κ3) is 7.96. The van der Waals surface area contributed by atoms with Gasteiger partial charge in [0, 0.05) is 24.4 Å². The first-order valence-corrected chi connectivity index (χ1v) is 9.52. The molecule has 1 saturated carbocycles. The molecule has 0 aromatic rings. The summed E-state index contributed by atoms with van der Waals surface area (Å²) in [5, 5.41) is 15.9. The van der Waals surface area contributed by atoms with Gasteiger partial charge in [-0.1, -0.05) is 20.3 Å². The Morgan fingerprint density at radius 2 is 2.14 bits per heavy atom. The number of aliphatic hydroxyl groups excluding tert-OH is 1. The summed E-state index contributed by atoms with van der Waals surface area (Å²) in [4.78, 5) is 12.0. The van der Waals surface area contributed by atoms with Gasteiger partial charge in [0.25, 0.3) is 0 Å². The van der Waals surface area contributed by atoms with E-state index in [9.17, 15) is 4.79 Å². The van der Waals surface area contributed by atoms with E-state index in [4.69, 9.17) is 5.11 Å². The molecule has 1 aliphatic carbocycles. The van der Waals surface area contributed by atoms with Gasteiger partial charge >= 0.3 is 6.03 Å². The summed E-state index contributed by atoms with van der Waals surface area (Å²) in [6.07, 6.45) is 8.61. The van der Waals surface area contributed by atoms with Crippen LogP contribution in [0.5, 0.6) is 0 Å². The number of carbonyl (C=O) groups excluding carboxylic acids is 1. The van der Waals surface area contributed by atoms with E-state index in [-0.39, 0.29) is 12.6 Å². The molecule has 3 N–H and O–H groups in total. The van der Waals surface area contributed by atoms with Gasteiger partial charge in [-0.15, -0.1) is 0 Å². The van der Waals surface area contributed by atoms with E-state index in [1.54, 1.807) is 0 Å². The predicted octanol–water partition coefficient (Wildman–Crippen LogP) is 3.00. The fourth-order valence-corrected chi connectivity index (χ4v) is 3.94. The molecule has 0 aliphatic heterocycles. The fraction of sp³-hybridized carbons (Fsp3) is 0.938. The van der Waals surface area contributed by atoms with Gasteiger partial charge in [-0.25, -0.2) is 4.79 Å². The molecule has 0 aromatic heterocycles. The van der Waals surface area contributed by atoms with Gasteiger partial charge in [-0.05, 0) is 50.2 Å². The zero-order valence-electron chi connectivity index (χ0n) is 13.7. The third-order valence-electron chi connectivity index (χ3n) is 4.19. The zero-order valence-corrected chi connectivity index (χ0v) is 14.5. The molecule has 0 heterocycles. The van der Waals surface area contributed by atoms with Gasteiger partial charge < -0.3 is 15.7 Å². The molecule has 3 unspecified atom stereocenters. The second-order valence-corrected chi connectivity index (χ2v) is 7.72. The first-order valence-electron chi connectivity index (χ1n) is 8.23. The molecule has 2 amide bonds. The Labute approximate surface area is 133 Å². The average Bonchev–Trinajstić information content (AvgIpc) is 2.44. The highest BCUT2D eigenvalue weighted by Gasteiger charge is 2.22. The highest BCUT2D eigenvalue weighted by Crippen LogP contribution is 2.26. The summed E-state index contributed by atoms with van der Waals surface area (Å²) in [6, 6.07) is 0.269. The summed E-state index contributed by atoms with van der Waals surface area (Å²) in [5.41, 5.74) is 0. The molecule has 0 aromatic carbocycles. The Morgan fingerprint density at radius 3 is 2.76 bits per heavy atom. The highest BCUT2D eigenvalue weighted by atomic mass is 32.2. The normalized spacial score (nSPS) is 23.9. The molecule has 0 saturated heterocycles. The second kappa shape index (κ2) is 10.3. The number of thioether (sulfide) groups is 1. The monoisotopic (exact) mass is 316 g/mol. The Morgan fingerprint density at radius 1 is 1.38 bits per heavy atom. The maximum atomic E-state index is 12.0. The van der Waals surface area contributed by atoms with E-state index in [1.165, 1.54) is 12.8 Å². The van der Waals surface area contributed by atoms with Crippen molar-refractivity contribution in [3.63, 3.8) is 0 Å². The molecular formula is C16H32N2O2S. The largest absolute Gasteiger partial charge is 0.396 e. The summed E-state index contributed by atoms with van der Waals surface area (Å²) in [5.74, 6) is 0.957. The number of nitrogens with one attached hydrogen (secondary N) is 2. The van der Waals surface area contributed by atoms with Crippen LogP contribution in [0.25, 0.3) is 0 Å². The van der Waals surface area contributed by atoms with Crippen LogP contribution in [0.4, 0.5) is 4.79 Å². The summed E-state index contributed by atoms with van der Waals surface area (Å²) < 4.78 is 0. The van der Waals surface area contributed by atoms with Crippen LogP contribution in [-0.4, -0.2) is 41.8 Å². The van der Waals surface area contributed by atoms with Crippen LogP contribution in [-0.2, 0) is 0 Å². The van der Waals surface area contributed by atoms with Crippen LogP contribution in [0.3, 0.4) is 0 Å². The lowest BCUT2D eigenvalue weighted by Crippen LogP contribution is -2.45. The molecule has 5 heteroatoms. The van der Waals surface area contributed by atoms with Crippen molar-refractivity contribution in [3.8, 4) is 0 Å². The smallest absolute Gasteiger partial charge is 0.315 e. The van der Waals surface area contributed by atoms with Crippen molar-refractivity contribution >= 4 is 17.8 Å². The maximum Gasteiger partial charge on any atom is 0.315 e. The first kappa shape index (κ1) is 18.6. The molecule has 1 aliphatic rings. The molecule has 21 heavy (non-hydrogen) atoms. The second-order valence-electron chi connectivity index (χ2n) is 6.58. The lowest BCUT2D eigenvalue weighted by Gasteiger charge is -2.29. The van der Waals surface area contributed by atoms with Gasteiger partial charge in [0.15, 0.2) is 0 Å². The van der Waals surface area contributed by atoms with Crippen molar-refractivity contribution in [2.45, 2.75) is 63.7 Å². The van der Waals surface area contributed by atoms with Crippen LogP contribution in [0.2, 0.25) is 0 Å². The van der Waals surface area contributed by atoms with Gasteiger partial charge in [-0.2, -0.15) is 11.8 Å². The van der Waals surface area contributed by atoms with Crippen molar-refractivity contribution in [1.82, 2.24) is 10.6 Å². The Bertz CT molecular complexity index is 300. The molecule has 124 valence electrons. The lowest BCUT2D eigenvalue weighted by atomic mass is 9.94. The number of urea groups is 1. The number of carbonyl (C=O) groups is 1. The molecule has 0 bridgehead atoms. The number of amides is 2. The molecule has 1 rings (SSSR count). The highest BCUT2D eigenvalue weighted by molar-refractivity contribution is 7.99. The van der Waals surface area contributed by atoms with E-state index in [0.29, 0.717) is 29.7 Å². The van der Waals surface area contributed by atoms with Gasteiger partial charge in [0.05, 0.1) is 0 Å². The lowest BCUT2D eigenvalue weighted by molar-refractivity contribution is 0.220. The number of aliphatic hydroxyl groups is 1. The fourth-order valence-electron chi connectivity index (χ4n) is 3.12. The molecule has 3 atom stereocenters. The molecule has 0 spiro atoms. The van der Waals surface area contributed by atoms with Crippen molar-refractivity contribution in [1.29, 1.82) is 0 Å².